The summed E-state index contributed by atoms with van der Waals surface area (Å²) in [6, 6.07) is 14.6. The molecule has 1 amide bonds. The van der Waals surface area contributed by atoms with Crippen LogP contribution in [0.25, 0.3) is 15.3 Å². The zero-order chi connectivity index (χ0) is 18.3. The van der Waals surface area contributed by atoms with Gasteiger partial charge in [0.1, 0.15) is 0 Å². The number of benzene rings is 2. The number of thiazole rings is 1. The maximum absolute atomic E-state index is 12.4. The van der Waals surface area contributed by atoms with Crippen LogP contribution in [-0.4, -0.2) is 20.7 Å². The van der Waals surface area contributed by atoms with Gasteiger partial charge in [0.15, 0.2) is 0 Å². The highest BCUT2D eigenvalue weighted by molar-refractivity contribution is 7.20. The zero-order valence-corrected chi connectivity index (χ0v) is 15.7. The first-order valence-electron chi connectivity index (χ1n) is 8.01. The van der Waals surface area contributed by atoms with Gasteiger partial charge in [-0.1, -0.05) is 35.1 Å². The third kappa shape index (κ3) is 3.09. The van der Waals surface area contributed by atoms with E-state index in [1.165, 1.54) is 0 Å². The molecule has 0 atom stereocenters. The van der Waals surface area contributed by atoms with Gasteiger partial charge in [-0.15, -0.1) is 0 Å². The van der Waals surface area contributed by atoms with E-state index < -0.39 is 0 Å². The summed E-state index contributed by atoms with van der Waals surface area (Å²) >= 11 is 7.65. The third-order valence-corrected chi connectivity index (χ3v) is 5.28. The van der Waals surface area contributed by atoms with Gasteiger partial charge in [-0.3, -0.25) is 4.79 Å². The van der Waals surface area contributed by atoms with Crippen molar-refractivity contribution in [3.63, 3.8) is 0 Å². The van der Waals surface area contributed by atoms with Crippen molar-refractivity contribution in [2.75, 3.05) is 5.32 Å². The molecule has 0 fully saturated rings. The maximum atomic E-state index is 12.4. The summed E-state index contributed by atoms with van der Waals surface area (Å²) in [5, 5.41) is 8.58. The van der Waals surface area contributed by atoms with E-state index >= 15 is 0 Å². The number of anilines is 1. The van der Waals surface area contributed by atoms with E-state index in [-0.39, 0.29) is 5.91 Å². The molecule has 0 unspecified atom stereocenters. The number of carbonyl (C=O) groups is 1. The second-order valence-electron chi connectivity index (χ2n) is 5.95. The molecule has 4 rings (SSSR count). The second-order valence-corrected chi connectivity index (χ2v) is 7.37. The summed E-state index contributed by atoms with van der Waals surface area (Å²) in [7, 11) is 0. The predicted molar refractivity (Wildman–Crippen MR) is 106 cm³/mol. The minimum absolute atomic E-state index is 0.246. The topological polar surface area (TPSA) is 59.8 Å². The van der Waals surface area contributed by atoms with Crippen LogP contribution in [0.2, 0.25) is 5.02 Å². The van der Waals surface area contributed by atoms with Gasteiger partial charge >= 0.3 is 0 Å². The normalized spacial score (nSPS) is 11.0. The molecule has 26 heavy (non-hydrogen) atoms. The third-order valence-electron chi connectivity index (χ3n) is 3.94. The fraction of sp³-hybridized carbons (Fsp3) is 0.105. The van der Waals surface area contributed by atoms with Crippen LogP contribution in [0.5, 0.6) is 0 Å². The van der Waals surface area contributed by atoms with Crippen molar-refractivity contribution < 1.29 is 4.79 Å². The molecule has 0 spiro atoms. The molecule has 7 heteroatoms. The molecule has 0 aliphatic rings. The molecular weight excluding hydrogens is 368 g/mol. The highest BCUT2D eigenvalue weighted by Crippen LogP contribution is 2.28. The number of nitrogens with one attached hydrogen (secondary N) is 1. The largest absolute Gasteiger partial charge is 0.322 e. The van der Waals surface area contributed by atoms with E-state index in [9.17, 15) is 4.79 Å². The van der Waals surface area contributed by atoms with Crippen molar-refractivity contribution >= 4 is 44.7 Å². The summed E-state index contributed by atoms with van der Waals surface area (Å²) in [6.45, 7) is 3.96. The van der Waals surface area contributed by atoms with Crippen LogP contribution in [-0.2, 0) is 0 Å². The summed E-state index contributed by atoms with van der Waals surface area (Å²) in [5.74, 6) is -0.246. The summed E-state index contributed by atoms with van der Waals surface area (Å²) in [5.41, 5.74) is 3.92. The Kier molecular flexibility index (Phi) is 4.22. The Hall–Kier alpha value is -2.70. The van der Waals surface area contributed by atoms with E-state index in [1.54, 1.807) is 35.6 Å². The lowest BCUT2D eigenvalue weighted by Crippen LogP contribution is -2.12. The zero-order valence-electron chi connectivity index (χ0n) is 14.2. The van der Waals surface area contributed by atoms with Gasteiger partial charge < -0.3 is 5.32 Å². The average Bonchev–Trinajstić information content (AvgIpc) is 3.17. The van der Waals surface area contributed by atoms with Crippen molar-refractivity contribution in [2.24, 2.45) is 0 Å². The first-order chi connectivity index (χ1) is 12.5. The number of nitrogens with zero attached hydrogens (tertiary/aromatic N) is 3. The smallest absolute Gasteiger partial charge is 0.257 e. The number of rotatable bonds is 3. The quantitative estimate of drug-likeness (QED) is 0.542. The summed E-state index contributed by atoms with van der Waals surface area (Å²) in [6.07, 6.45) is 0. The second kappa shape index (κ2) is 6.55. The maximum Gasteiger partial charge on any atom is 0.257 e. The molecule has 0 saturated heterocycles. The van der Waals surface area contributed by atoms with Gasteiger partial charge in [0, 0.05) is 11.4 Å². The molecule has 4 aromatic rings. The highest BCUT2D eigenvalue weighted by atomic mass is 35.5. The molecule has 1 N–H and O–H groups in total. The molecule has 130 valence electrons. The van der Waals surface area contributed by atoms with Crippen molar-refractivity contribution in [2.45, 2.75) is 13.8 Å². The number of amides is 1. The Morgan fingerprint density at radius 2 is 1.96 bits per heavy atom. The lowest BCUT2D eigenvalue weighted by Gasteiger charge is -2.06. The fourth-order valence-electron chi connectivity index (χ4n) is 2.75. The van der Waals surface area contributed by atoms with E-state index in [0.717, 1.165) is 26.7 Å². The lowest BCUT2D eigenvalue weighted by molar-refractivity contribution is 0.102. The molecular formula is C19H15ClN4OS. The minimum atomic E-state index is -0.246. The molecule has 2 aromatic carbocycles. The molecule has 0 radical (unpaired) electrons. The van der Waals surface area contributed by atoms with Crippen molar-refractivity contribution in [3.05, 3.63) is 70.5 Å². The number of aryl methyl sites for hydroxylation is 2. The van der Waals surface area contributed by atoms with Crippen molar-refractivity contribution in [1.82, 2.24) is 14.8 Å². The van der Waals surface area contributed by atoms with Crippen LogP contribution < -0.4 is 5.32 Å². The molecule has 2 heterocycles. The van der Waals surface area contributed by atoms with Gasteiger partial charge in [-0.05, 0) is 50.2 Å². The van der Waals surface area contributed by atoms with Crippen molar-refractivity contribution in [1.29, 1.82) is 0 Å². The first kappa shape index (κ1) is 16.8. The molecule has 0 bridgehead atoms. The lowest BCUT2D eigenvalue weighted by atomic mass is 10.2. The number of hydrogen-bond donors (Lipinski definition) is 1. The van der Waals surface area contributed by atoms with Crippen LogP contribution >= 0.6 is 22.9 Å². The molecule has 0 aliphatic carbocycles. The SMILES string of the molecule is Cc1cc(C)n(-c2nc3cc(NC(=O)c4ccccc4Cl)ccc3s2)n1. The predicted octanol–water partition coefficient (Wildman–Crippen LogP) is 5.00. The fourth-order valence-corrected chi connectivity index (χ4v) is 3.93. The highest BCUT2D eigenvalue weighted by Gasteiger charge is 2.13. The summed E-state index contributed by atoms with van der Waals surface area (Å²) in [4.78, 5) is 17.1. The van der Waals surface area contributed by atoms with Crippen LogP contribution in [0, 0.1) is 13.8 Å². The molecule has 2 aromatic heterocycles. The van der Waals surface area contributed by atoms with E-state index in [4.69, 9.17) is 11.6 Å². The van der Waals surface area contributed by atoms with Crippen LogP contribution in [0.15, 0.2) is 48.5 Å². The van der Waals surface area contributed by atoms with Gasteiger partial charge in [0.05, 0.1) is 26.5 Å². The van der Waals surface area contributed by atoms with Crippen molar-refractivity contribution in [3.8, 4) is 5.13 Å². The van der Waals surface area contributed by atoms with Gasteiger partial charge in [-0.2, -0.15) is 5.10 Å². The monoisotopic (exact) mass is 382 g/mol. The minimum Gasteiger partial charge on any atom is -0.322 e. The van der Waals surface area contributed by atoms with Gasteiger partial charge in [-0.25, -0.2) is 9.67 Å². The summed E-state index contributed by atoms with van der Waals surface area (Å²) < 4.78 is 2.87. The number of carbonyl (C=O) groups excluding carboxylic acids is 1. The number of halogens is 1. The van der Waals surface area contributed by atoms with Crippen LogP contribution in [0.1, 0.15) is 21.7 Å². The van der Waals surface area contributed by atoms with Crippen LogP contribution in [0.3, 0.4) is 0 Å². The van der Waals surface area contributed by atoms with Crippen LogP contribution in [0.4, 0.5) is 5.69 Å². The molecule has 0 saturated carbocycles. The molecule has 5 nitrogen and oxygen atoms in total. The number of hydrogen-bond acceptors (Lipinski definition) is 4. The Labute approximate surface area is 159 Å². The first-order valence-corrected chi connectivity index (χ1v) is 9.21. The van der Waals surface area contributed by atoms with E-state index in [2.05, 4.69) is 15.4 Å². The Bertz CT molecular complexity index is 1130. The Balaban J connectivity index is 1.65. The Morgan fingerprint density at radius 1 is 1.15 bits per heavy atom. The Morgan fingerprint density at radius 3 is 2.69 bits per heavy atom. The number of fused-ring (bicyclic) bond motifs is 1. The van der Waals surface area contributed by atoms with E-state index in [1.807, 2.05) is 42.8 Å². The number of aromatic nitrogens is 3. The standard InChI is InChI=1S/C19H15ClN4OS/c1-11-9-12(2)24(23-11)19-22-16-10-13(7-8-17(16)26-19)21-18(25)14-5-3-4-6-15(14)20/h3-10H,1-2H3,(H,21,25). The van der Waals surface area contributed by atoms with E-state index in [0.29, 0.717) is 16.3 Å². The average molecular weight is 383 g/mol. The van der Waals surface area contributed by atoms with Gasteiger partial charge in [0.25, 0.3) is 5.91 Å². The molecule has 0 aliphatic heterocycles. The van der Waals surface area contributed by atoms with Gasteiger partial charge in [0.2, 0.25) is 5.13 Å².